The average Bonchev–Trinajstić information content (AvgIpc) is 3.10. The lowest BCUT2D eigenvalue weighted by Crippen LogP contribution is -2.47. The van der Waals surface area contributed by atoms with E-state index in [4.69, 9.17) is 9.47 Å². The molecule has 1 aromatic carbocycles. The van der Waals surface area contributed by atoms with Gasteiger partial charge in [0.1, 0.15) is 18.5 Å². The molecule has 0 radical (unpaired) electrons. The minimum Gasteiger partial charge on any atom is -0.342 e. The number of nitro benzene ring substituents is 1. The Labute approximate surface area is 156 Å². The largest absolute Gasteiger partial charge is 0.342 e. The molecule has 1 aromatic rings. The average molecular weight is 396 g/mol. The third-order valence-electron chi connectivity index (χ3n) is 4.45. The Balaban J connectivity index is 2.02. The predicted molar refractivity (Wildman–Crippen MR) is 94.4 cm³/mol. The number of ether oxygens (including phenoxy) is 2. The first-order chi connectivity index (χ1) is 12.7. The normalized spacial score (nSPS) is 26.3. The van der Waals surface area contributed by atoms with Gasteiger partial charge in [-0.3, -0.25) is 10.1 Å². The lowest BCUT2D eigenvalue weighted by atomic mass is 10.2. The van der Waals surface area contributed by atoms with Gasteiger partial charge in [0.15, 0.2) is 10.7 Å². The first-order valence-corrected chi connectivity index (χ1v) is 9.84. The maximum atomic E-state index is 13.3. The Bertz CT molecular complexity index is 881. The molecule has 146 valence electrons. The second-order valence-electron chi connectivity index (χ2n) is 6.74. The lowest BCUT2D eigenvalue weighted by molar-refractivity contribution is -0.387. The topological polar surface area (TPSA) is 116 Å². The molecular formula is C17H20N2O7S. The molecule has 3 atom stereocenters. The Morgan fingerprint density at radius 3 is 2.63 bits per heavy atom. The number of rotatable bonds is 7. The van der Waals surface area contributed by atoms with Crippen molar-refractivity contribution in [2.75, 3.05) is 6.54 Å². The van der Waals surface area contributed by atoms with Crippen molar-refractivity contribution in [3.63, 3.8) is 0 Å². The highest BCUT2D eigenvalue weighted by Gasteiger charge is 2.50. The van der Waals surface area contributed by atoms with Crippen LogP contribution in [-0.2, 0) is 24.3 Å². The zero-order valence-electron chi connectivity index (χ0n) is 14.8. The van der Waals surface area contributed by atoms with Crippen LogP contribution in [0.2, 0.25) is 0 Å². The molecule has 0 amide bonds. The molecule has 1 saturated heterocycles. The predicted octanol–water partition coefficient (Wildman–Crippen LogP) is 1.63. The van der Waals surface area contributed by atoms with Gasteiger partial charge in [-0.1, -0.05) is 24.3 Å². The standard InChI is InChI=1S/C17H20N2O7S/c1-17(2)25-14-9-8-13(16(14)26-17)18(10-5-11-20)27(23,24)15-7-4-3-6-12(15)19(21)22/h3-4,6-9,11,13-14,16H,5,10H2,1-2H3/t13-,14-,16+/m0/s1. The molecule has 10 heteroatoms. The number of carbonyl (C=O) groups excluding carboxylic acids is 1. The number of nitrogens with zero attached hydrogens (tertiary/aromatic N) is 2. The van der Waals surface area contributed by atoms with Gasteiger partial charge in [0, 0.05) is 19.0 Å². The minimum absolute atomic E-state index is 0.0498. The molecule has 3 rings (SSSR count). The zero-order chi connectivity index (χ0) is 19.8. The van der Waals surface area contributed by atoms with Crippen LogP contribution in [0.25, 0.3) is 0 Å². The summed E-state index contributed by atoms with van der Waals surface area (Å²) < 4.78 is 39.2. The number of sulfonamides is 1. The molecule has 1 heterocycles. The highest BCUT2D eigenvalue weighted by atomic mass is 32.2. The molecule has 1 aliphatic heterocycles. The van der Waals surface area contributed by atoms with E-state index in [1.165, 1.54) is 18.2 Å². The third kappa shape index (κ3) is 3.65. The number of nitro groups is 1. The second kappa shape index (κ2) is 7.12. The smallest absolute Gasteiger partial charge is 0.289 e. The van der Waals surface area contributed by atoms with Crippen LogP contribution in [0.4, 0.5) is 5.69 Å². The number of aldehydes is 1. The van der Waals surface area contributed by atoms with Gasteiger partial charge in [0.25, 0.3) is 15.7 Å². The van der Waals surface area contributed by atoms with Crippen LogP contribution in [0.3, 0.4) is 0 Å². The maximum Gasteiger partial charge on any atom is 0.289 e. The lowest BCUT2D eigenvalue weighted by Gasteiger charge is -2.30. The van der Waals surface area contributed by atoms with E-state index in [9.17, 15) is 23.3 Å². The molecule has 2 aliphatic rings. The van der Waals surface area contributed by atoms with E-state index in [1.54, 1.807) is 26.0 Å². The van der Waals surface area contributed by atoms with Gasteiger partial charge in [0.05, 0.1) is 11.0 Å². The highest BCUT2D eigenvalue weighted by molar-refractivity contribution is 7.89. The molecule has 0 aromatic heterocycles. The van der Waals surface area contributed by atoms with E-state index in [0.29, 0.717) is 6.29 Å². The first kappa shape index (κ1) is 19.6. The summed E-state index contributed by atoms with van der Waals surface area (Å²) in [6.07, 6.45) is 2.89. The monoisotopic (exact) mass is 396 g/mol. The summed E-state index contributed by atoms with van der Waals surface area (Å²) >= 11 is 0. The van der Waals surface area contributed by atoms with Crippen molar-refractivity contribution in [2.45, 2.75) is 49.2 Å². The molecule has 27 heavy (non-hydrogen) atoms. The van der Waals surface area contributed by atoms with Crippen LogP contribution in [0.1, 0.15) is 20.3 Å². The third-order valence-corrected chi connectivity index (χ3v) is 6.39. The summed E-state index contributed by atoms with van der Waals surface area (Å²) in [5, 5.41) is 11.3. The number of hydrogen-bond donors (Lipinski definition) is 0. The summed E-state index contributed by atoms with van der Waals surface area (Å²) in [4.78, 5) is 21.0. The van der Waals surface area contributed by atoms with E-state index < -0.39 is 49.6 Å². The van der Waals surface area contributed by atoms with Crippen molar-refractivity contribution in [3.8, 4) is 0 Å². The number of para-hydroxylation sites is 1. The quantitative estimate of drug-likeness (QED) is 0.298. The molecule has 9 nitrogen and oxygen atoms in total. The Kier molecular flexibility index (Phi) is 5.17. The molecule has 0 bridgehead atoms. The van der Waals surface area contributed by atoms with Crippen molar-refractivity contribution in [1.29, 1.82) is 0 Å². The Hall–Kier alpha value is -2.14. The van der Waals surface area contributed by atoms with Crippen LogP contribution < -0.4 is 0 Å². The summed E-state index contributed by atoms with van der Waals surface area (Å²) in [5.41, 5.74) is -0.518. The van der Waals surface area contributed by atoms with E-state index >= 15 is 0 Å². The molecular weight excluding hydrogens is 376 g/mol. The van der Waals surface area contributed by atoms with E-state index in [1.807, 2.05) is 0 Å². The van der Waals surface area contributed by atoms with E-state index in [2.05, 4.69) is 0 Å². The fourth-order valence-electron chi connectivity index (χ4n) is 3.38. The molecule has 0 unspecified atom stereocenters. The SMILES string of the molecule is CC1(C)O[C@H]2[C@H](C=C[C@@H]2N(CCC=O)S(=O)(=O)c2ccccc2[N+](=O)[O-])O1. The van der Waals surface area contributed by atoms with Crippen LogP contribution in [0.5, 0.6) is 0 Å². The fourth-order valence-corrected chi connectivity index (χ4v) is 5.15. The highest BCUT2D eigenvalue weighted by Crippen LogP contribution is 2.38. The van der Waals surface area contributed by atoms with Gasteiger partial charge < -0.3 is 14.3 Å². The van der Waals surface area contributed by atoms with Crippen LogP contribution in [0, 0.1) is 10.1 Å². The van der Waals surface area contributed by atoms with Gasteiger partial charge in [-0.05, 0) is 19.9 Å². The number of carbonyl (C=O) groups is 1. The van der Waals surface area contributed by atoms with Crippen molar-refractivity contribution in [1.82, 2.24) is 4.31 Å². The minimum atomic E-state index is -4.26. The van der Waals surface area contributed by atoms with E-state index in [0.717, 1.165) is 10.4 Å². The van der Waals surface area contributed by atoms with Crippen LogP contribution in [0.15, 0.2) is 41.3 Å². The van der Waals surface area contributed by atoms with Gasteiger partial charge in [-0.2, -0.15) is 4.31 Å². The fraction of sp³-hybridized carbons (Fsp3) is 0.471. The van der Waals surface area contributed by atoms with Gasteiger partial charge >= 0.3 is 0 Å². The Morgan fingerprint density at radius 1 is 1.26 bits per heavy atom. The molecule has 1 fully saturated rings. The van der Waals surface area contributed by atoms with Crippen molar-refractivity contribution in [2.24, 2.45) is 0 Å². The van der Waals surface area contributed by atoms with Crippen LogP contribution in [-0.4, -0.2) is 54.5 Å². The van der Waals surface area contributed by atoms with Crippen molar-refractivity contribution in [3.05, 3.63) is 46.5 Å². The first-order valence-electron chi connectivity index (χ1n) is 8.40. The van der Waals surface area contributed by atoms with Gasteiger partial charge in [-0.15, -0.1) is 0 Å². The molecule has 0 saturated carbocycles. The Morgan fingerprint density at radius 2 is 1.96 bits per heavy atom. The van der Waals surface area contributed by atoms with Crippen molar-refractivity contribution < 1.29 is 27.6 Å². The maximum absolute atomic E-state index is 13.3. The van der Waals surface area contributed by atoms with E-state index in [-0.39, 0.29) is 13.0 Å². The summed E-state index contributed by atoms with van der Waals surface area (Å²) in [6.45, 7) is 3.32. The number of hydrogen-bond acceptors (Lipinski definition) is 7. The second-order valence-corrected chi connectivity index (χ2v) is 8.60. The summed E-state index contributed by atoms with van der Waals surface area (Å²) in [7, 11) is -4.26. The zero-order valence-corrected chi connectivity index (χ0v) is 15.7. The summed E-state index contributed by atoms with van der Waals surface area (Å²) in [5.74, 6) is -0.878. The summed E-state index contributed by atoms with van der Waals surface area (Å²) in [6, 6.07) is 4.41. The number of benzene rings is 1. The molecule has 0 spiro atoms. The molecule has 1 aliphatic carbocycles. The van der Waals surface area contributed by atoms with Gasteiger partial charge in [0.2, 0.25) is 0 Å². The van der Waals surface area contributed by atoms with Crippen molar-refractivity contribution >= 4 is 22.0 Å². The number of fused-ring (bicyclic) bond motifs is 1. The molecule has 0 N–H and O–H groups in total. The van der Waals surface area contributed by atoms with Gasteiger partial charge in [-0.25, -0.2) is 8.42 Å². The van der Waals surface area contributed by atoms with Crippen LogP contribution >= 0.6 is 0 Å².